The summed E-state index contributed by atoms with van der Waals surface area (Å²) < 4.78 is 4.68. The largest absolute Gasteiger partial charge is 0.469 e. The number of rotatable bonds is 5. The van der Waals surface area contributed by atoms with Crippen LogP contribution in [-0.4, -0.2) is 35.4 Å². The van der Waals surface area contributed by atoms with Gasteiger partial charge in [0.2, 0.25) is 5.91 Å². The summed E-state index contributed by atoms with van der Waals surface area (Å²) in [4.78, 5) is 29.9. The van der Waals surface area contributed by atoms with Gasteiger partial charge in [0.25, 0.3) is 0 Å². The molecular weight excluding hydrogens is 352 g/mol. The third-order valence-corrected chi connectivity index (χ3v) is 5.47. The van der Waals surface area contributed by atoms with Crippen molar-refractivity contribution in [1.29, 1.82) is 0 Å². The van der Waals surface area contributed by atoms with Crippen LogP contribution in [0.4, 0.5) is 0 Å². The van der Waals surface area contributed by atoms with Crippen LogP contribution in [0, 0.1) is 0 Å². The van der Waals surface area contributed by atoms with Gasteiger partial charge in [-0.3, -0.25) is 9.59 Å². The quantitative estimate of drug-likeness (QED) is 0.685. The highest BCUT2D eigenvalue weighted by Crippen LogP contribution is 2.38. The Bertz CT molecular complexity index is 994. The number of carbonyl (C=O) groups excluding carboxylic acids is 2. The fourth-order valence-electron chi connectivity index (χ4n) is 4.12. The van der Waals surface area contributed by atoms with Gasteiger partial charge in [-0.15, -0.1) is 0 Å². The predicted molar refractivity (Wildman–Crippen MR) is 108 cm³/mol. The highest BCUT2D eigenvalue weighted by Gasteiger charge is 2.34. The topological polar surface area (TPSA) is 62.4 Å². The number of para-hydroxylation sites is 1. The van der Waals surface area contributed by atoms with Crippen LogP contribution in [0.5, 0.6) is 0 Å². The minimum Gasteiger partial charge on any atom is -0.469 e. The standard InChI is InChI=1S/C23H24N2O3/c1-28-21(27)13-7-12-20(26)25-15-14-18-17-10-5-6-11-19(17)24-22(18)23(25)16-8-3-2-4-9-16/h2-6,8-11,23-24H,7,12-15H2,1H3. The van der Waals surface area contributed by atoms with E-state index in [1.807, 2.05) is 29.2 Å². The average Bonchev–Trinajstić information content (AvgIpc) is 3.12. The van der Waals surface area contributed by atoms with Crippen molar-refractivity contribution >= 4 is 22.8 Å². The Morgan fingerprint density at radius 1 is 1.07 bits per heavy atom. The average molecular weight is 376 g/mol. The number of carbonyl (C=O) groups is 2. The lowest BCUT2D eigenvalue weighted by atomic mass is 9.92. The third-order valence-electron chi connectivity index (χ3n) is 5.47. The molecule has 0 saturated heterocycles. The molecule has 2 heterocycles. The predicted octanol–water partition coefficient (Wildman–Crippen LogP) is 3.99. The summed E-state index contributed by atoms with van der Waals surface area (Å²) >= 11 is 0. The van der Waals surface area contributed by atoms with Crippen molar-refractivity contribution in [2.24, 2.45) is 0 Å². The van der Waals surface area contributed by atoms with Crippen LogP contribution in [0.15, 0.2) is 54.6 Å². The zero-order valence-electron chi connectivity index (χ0n) is 16.0. The molecule has 1 amide bonds. The molecule has 0 aliphatic carbocycles. The summed E-state index contributed by atoms with van der Waals surface area (Å²) in [5.74, 6) is -0.203. The second-order valence-electron chi connectivity index (χ2n) is 7.14. The molecule has 5 nitrogen and oxygen atoms in total. The van der Waals surface area contributed by atoms with Gasteiger partial charge in [0.05, 0.1) is 13.2 Å². The first kappa shape index (κ1) is 18.3. The molecule has 1 aromatic heterocycles. The number of fused-ring (bicyclic) bond motifs is 3. The van der Waals surface area contributed by atoms with Crippen LogP contribution in [0.2, 0.25) is 0 Å². The highest BCUT2D eigenvalue weighted by molar-refractivity contribution is 5.86. The van der Waals surface area contributed by atoms with Crippen molar-refractivity contribution in [3.8, 4) is 0 Å². The summed E-state index contributed by atoms with van der Waals surface area (Å²) in [6.07, 6.45) is 1.94. The zero-order valence-corrected chi connectivity index (χ0v) is 16.0. The Hall–Kier alpha value is -3.08. The molecular formula is C23H24N2O3. The Morgan fingerprint density at radius 3 is 2.61 bits per heavy atom. The molecule has 3 aromatic rings. The number of H-pyrrole nitrogens is 1. The molecule has 4 rings (SSSR count). The van der Waals surface area contributed by atoms with Crippen LogP contribution in [-0.2, 0) is 20.7 Å². The summed E-state index contributed by atoms with van der Waals surface area (Å²) in [6.45, 7) is 0.672. The van der Waals surface area contributed by atoms with E-state index in [1.165, 1.54) is 18.1 Å². The number of hydrogen-bond acceptors (Lipinski definition) is 3. The fraction of sp³-hybridized carbons (Fsp3) is 0.304. The van der Waals surface area contributed by atoms with Crippen molar-refractivity contribution < 1.29 is 14.3 Å². The number of methoxy groups -OCH3 is 1. The molecule has 2 aromatic carbocycles. The van der Waals surface area contributed by atoms with Crippen LogP contribution < -0.4 is 0 Å². The Labute approximate surface area is 164 Å². The minimum absolute atomic E-state index is 0.0714. The molecule has 28 heavy (non-hydrogen) atoms. The molecule has 5 heteroatoms. The number of esters is 1. The lowest BCUT2D eigenvalue weighted by Gasteiger charge is -2.36. The highest BCUT2D eigenvalue weighted by atomic mass is 16.5. The van der Waals surface area contributed by atoms with E-state index >= 15 is 0 Å². The summed E-state index contributed by atoms with van der Waals surface area (Å²) in [5.41, 5.74) is 4.59. The lowest BCUT2D eigenvalue weighted by Crippen LogP contribution is -2.40. The Morgan fingerprint density at radius 2 is 1.82 bits per heavy atom. The van der Waals surface area contributed by atoms with Crippen molar-refractivity contribution in [1.82, 2.24) is 9.88 Å². The minimum atomic E-state index is -0.274. The second-order valence-corrected chi connectivity index (χ2v) is 7.14. The first-order valence-corrected chi connectivity index (χ1v) is 9.69. The molecule has 0 saturated carbocycles. The molecule has 0 fully saturated rings. The second kappa shape index (κ2) is 7.89. The van der Waals surface area contributed by atoms with Gasteiger partial charge < -0.3 is 14.6 Å². The van der Waals surface area contributed by atoms with Crippen molar-refractivity contribution in [2.45, 2.75) is 31.7 Å². The first-order valence-electron chi connectivity index (χ1n) is 9.69. The van der Waals surface area contributed by atoms with Gasteiger partial charge in [-0.2, -0.15) is 0 Å². The number of aromatic nitrogens is 1. The van der Waals surface area contributed by atoms with E-state index in [2.05, 4.69) is 40.1 Å². The van der Waals surface area contributed by atoms with Gasteiger partial charge in [-0.25, -0.2) is 0 Å². The smallest absolute Gasteiger partial charge is 0.305 e. The van der Waals surface area contributed by atoms with Crippen LogP contribution in [0.25, 0.3) is 10.9 Å². The fourth-order valence-corrected chi connectivity index (χ4v) is 4.12. The molecule has 1 aliphatic rings. The normalized spacial score (nSPS) is 16.0. The van der Waals surface area contributed by atoms with Gasteiger partial charge in [0, 0.05) is 36.0 Å². The maximum absolute atomic E-state index is 13.0. The van der Waals surface area contributed by atoms with Gasteiger partial charge in [-0.1, -0.05) is 48.5 Å². The van der Waals surface area contributed by atoms with Crippen LogP contribution in [0.1, 0.15) is 42.1 Å². The number of ether oxygens (including phenoxy) is 1. The molecule has 0 radical (unpaired) electrons. The van der Waals surface area contributed by atoms with Crippen molar-refractivity contribution in [2.75, 3.05) is 13.7 Å². The first-order chi connectivity index (χ1) is 13.7. The van der Waals surface area contributed by atoms with E-state index in [0.29, 0.717) is 19.4 Å². The molecule has 1 N–H and O–H groups in total. The molecule has 1 atom stereocenters. The number of nitrogens with zero attached hydrogens (tertiary/aromatic N) is 1. The van der Waals surface area contributed by atoms with E-state index in [-0.39, 0.29) is 24.3 Å². The van der Waals surface area contributed by atoms with Crippen LogP contribution in [0.3, 0.4) is 0 Å². The number of hydrogen-bond donors (Lipinski definition) is 1. The van der Waals surface area contributed by atoms with Gasteiger partial charge in [0.1, 0.15) is 0 Å². The SMILES string of the molecule is COC(=O)CCCC(=O)N1CCc2c([nH]c3ccccc23)C1c1ccccc1. The monoisotopic (exact) mass is 376 g/mol. The number of aromatic amines is 1. The van der Waals surface area contributed by atoms with Crippen LogP contribution >= 0.6 is 0 Å². The van der Waals surface area contributed by atoms with Crippen molar-refractivity contribution in [3.05, 3.63) is 71.4 Å². The number of benzene rings is 2. The summed E-state index contributed by atoms with van der Waals surface area (Å²) in [7, 11) is 1.37. The molecule has 1 aliphatic heterocycles. The maximum Gasteiger partial charge on any atom is 0.305 e. The Kier molecular flexibility index (Phi) is 5.15. The van der Waals surface area contributed by atoms with E-state index < -0.39 is 0 Å². The van der Waals surface area contributed by atoms with E-state index in [4.69, 9.17) is 0 Å². The molecule has 1 unspecified atom stereocenters. The van der Waals surface area contributed by atoms with Crippen molar-refractivity contribution in [3.63, 3.8) is 0 Å². The molecule has 0 bridgehead atoms. The van der Waals surface area contributed by atoms with Gasteiger partial charge in [0.15, 0.2) is 0 Å². The van der Waals surface area contributed by atoms with E-state index in [1.54, 1.807) is 0 Å². The zero-order chi connectivity index (χ0) is 19.5. The van der Waals surface area contributed by atoms with Gasteiger partial charge in [-0.05, 0) is 30.0 Å². The van der Waals surface area contributed by atoms with E-state index in [9.17, 15) is 9.59 Å². The molecule has 144 valence electrons. The summed E-state index contributed by atoms with van der Waals surface area (Å²) in [5, 5.41) is 1.23. The number of nitrogens with one attached hydrogen (secondary N) is 1. The third kappa shape index (κ3) is 3.40. The Balaban J connectivity index is 1.67. The van der Waals surface area contributed by atoms with Gasteiger partial charge >= 0.3 is 5.97 Å². The van der Waals surface area contributed by atoms with E-state index in [0.717, 1.165) is 23.2 Å². The lowest BCUT2D eigenvalue weighted by molar-refractivity contribution is -0.141. The maximum atomic E-state index is 13.0. The summed E-state index contributed by atoms with van der Waals surface area (Å²) in [6, 6.07) is 18.3. The molecule has 0 spiro atoms. The number of amides is 1.